The molecule has 0 aliphatic carbocycles. The summed E-state index contributed by atoms with van der Waals surface area (Å²) in [5.74, 6) is 1.94. The smallest absolute Gasteiger partial charge is 0.125 e. The molecule has 0 heterocycles. The fraction of sp³-hybridized carbons (Fsp3) is 0.613. The van der Waals surface area contributed by atoms with Crippen molar-refractivity contribution in [3.63, 3.8) is 0 Å². The van der Waals surface area contributed by atoms with Crippen LogP contribution in [0.5, 0.6) is 11.5 Å². The van der Waals surface area contributed by atoms with E-state index in [2.05, 4.69) is 73.6 Å². The van der Waals surface area contributed by atoms with E-state index in [9.17, 15) is 0 Å². The number of hydrogen-bond acceptors (Lipinski definition) is 2. The van der Waals surface area contributed by atoms with Gasteiger partial charge in [0.05, 0.1) is 14.2 Å². The molecule has 1 aromatic carbocycles. The van der Waals surface area contributed by atoms with Crippen molar-refractivity contribution < 1.29 is 9.47 Å². The number of methoxy groups -OCH3 is 2. The van der Waals surface area contributed by atoms with Gasteiger partial charge in [0.15, 0.2) is 0 Å². The van der Waals surface area contributed by atoms with Crippen molar-refractivity contribution in [1.29, 1.82) is 0 Å². The largest absolute Gasteiger partial charge is 0.496 e. The summed E-state index contributed by atoms with van der Waals surface area (Å²) in [5.41, 5.74) is 9.02. The summed E-state index contributed by atoms with van der Waals surface area (Å²) in [5, 5.41) is 0. The second kappa shape index (κ2) is 14.7. The van der Waals surface area contributed by atoms with Gasteiger partial charge in [-0.2, -0.15) is 0 Å². The fourth-order valence-corrected chi connectivity index (χ4v) is 4.71. The van der Waals surface area contributed by atoms with E-state index in [0.717, 1.165) is 79.6 Å². The van der Waals surface area contributed by atoms with Crippen LogP contribution in [-0.2, 0) is 6.42 Å². The zero-order valence-corrected chi connectivity index (χ0v) is 24.3. The van der Waals surface area contributed by atoms with Gasteiger partial charge in [-0.25, -0.2) is 0 Å². The van der Waals surface area contributed by atoms with Crippen LogP contribution in [0.1, 0.15) is 102 Å². The highest BCUT2D eigenvalue weighted by molar-refractivity contribution is 6.23. The highest BCUT2D eigenvalue weighted by Gasteiger charge is 2.24. The van der Waals surface area contributed by atoms with E-state index in [1.165, 1.54) is 22.3 Å². The summed E-state index contributed by atoms with van der Waals surface area (Å²) < 4.78 is 11.5. The van der Waals surface area contributed by atoms with Gasteiger partial charge in [0.2, 0.25) is 0 Å². The van der Waals surface area contributed by atoms with Gasteiger partial charge >= 0.3 is 0 Å². The zero-order chi connectivity index (χ0) is 25.9. The highest BCUT2D eigenvalue weighted by Crippen LogP contribution is 2.39. The maximum Gasteiger partial charge on any atom is 0.125 e. The molecule has 34 heavy (non-hydrogen) atoms. The minimum atomic E-state index is -0.248. The van der Waals surface area contributed by atoms with Gasteiger partial charge < -0.3 is 9.47 Å². The van der Waals surface area contributed by atoms with E-state index >= 15 is 0 Å². The average Bonchev–Trinajstić information content (AvgIpc) is 2.75. The SMILES string of the molecule is COc1c(C)c(C)c(OC)c(CCC(C)(Cl)CC/C=C(\C)CC/C=C(\C)CCC=C(C)C)c1C. The van der Waals surface area contributed by atoms with Crippen molar-refractivity contribution in [1.82, 2.24) is 0 Å². The molecule has 192 valence electrons. The summed E-state index contributed by atoms with van der Waals surface area (Å²) in [4.78, 5) is -0.248. The predicted molar refractivity (Wildman–Crippen MR) is 151 cm³/mol. The standard InChI is InChI=1S/C31H49ClO2/c1-22(2)14-11-15-23(3)16-12-17-24(4)18-13-20-31(8,32)21-19-28-27(7)29(33-9)25(5)26(6)30(28)34-10/h14,16,18H,11-13,15,17,19-21H2,1-10H3/b23-16+,24-18+. The Hall–Kier alpha value is -1.67. The Morgan fingerprint density at radius 1 is 0.735 bits per heavy atom. The first-order valence-corrected chi connectivity index (χ1v) is 13.2. The lowest BCUT2D eigenvalue weighted by Crippen LogP contribution is -2.18. The molecule has 0 aromatic heterocycles. The van der Waals surface area contributed by atoms with Gasteiger partial charge in [-0.05, 0) is 123 Å². The predicted octanol–water partition coefficient (Wildman–Crippen LogP) is 9.76. The number of benzene rings is 1. The van der Waals surface area contributed by atoms with Crippen LogP contribution in [-0.4, -0.2) is 19.1 Å². The van der Waals surface area contributed by atoms with E-state index in [-0.39, 0.29) is 4.87 Å². The Labute approximate surface area is 215 Å². The number of hydrogen-bond donors (Lipinski definition) is 0. The molecule has 0 aliphatic heterocycles. The van der Waals surface area contributed by atoms with Gasteiger partial charge in [0.1, 0.15) is 11.5 Å². The molecule has 0 radical (unpaired) electrons. The Morgan fingerprint density at radius 2 is 1.24 bits per heavy atom. The molecule has 1 atom stereocenters. The Bertz CT molecular complexity index is 883. The molecule has 0 amide bonds. The van der Waals surface area contributed by atoms with E-state index in [0.29, 0.717) is 0 Å². The van der Waals surface area contributed by atoms with Gasteiger partial charge in [-0.3, -0.25) is 0 Å². The van der Waals surface area contributed by atoms with Gasteiger partial charge in [-0.15, -0.1) is 11.6 Å². The first-order chi connectivity index (χ1) is 15.9. The van der Waals surface area contributed by atoms with E-state index < -0.39 is 0 Å². The molecule has 0 saturated heterocycles. The summed E-state index contributed by atoms with van der Waals surface area (Å²) in [7, 11) is 3.50. The van der Waals surface area contributed by atoms with Crippen molar-refractivity contribution in [2.45, 2.75) is 112 Å². The number of rotatable bonds is 14. The van der Waals surface area contributed by atoms with Crippen LogP contribution in [0, 0.1) is 20.8 Å². The number of allylic oxidation sites excluding steroid dienone is 6. The number of ether oxygens (including phenoxy) is 2. The summed E-state index contributed by atoms with van der Waals surface area (Å²) in [6.07, 6.45) is 15.4. The van der Waals surface area contributed by atoms with E-state index in [4.69, 9.17) is 21.1 Å². The molecular weight excluding hydrogens is 440 g/mol. The molecule has 3 heteroatoms. The van der Waals surface area contributed by atoms with Gasteiger partial charge in [0, 0.05) is 10.4 Å². The summed E-state index contributed by atoms with van der Waals surface area (Å²) >= 11 is 6.96. The van der Waals surface area contributed by atoms with Crippen molar-refractivity contribution in [3.05, 3.63) is 57.2 Å². The van der Waals surface area contributed by atoms with Crippen LogP contribution >= 0.6 is 11.6 Å². The Kier molecular flexibility index (Phi) is 13.1. The van der Waals surface area contributed by atoms with E-state index in [1.54, 1.807) is 14.2 Å². The van der Waals surface area contributed by atoms with Gasteiger partial charge in [-0.1, -0.05) is 34.9 Å². The molecule has 0 fully saturated rings. The maximum absolute atomic E-state index is 6.96. The second-order valence-corrected chi connectivity index (χ2v) is 11.2. The molecule has 1 aromatic rings. The van der Waals surface area contributed by atoms with Crippen LogP contribution in [0.25, 0.3) is 0 Å². The minimum Gasteiger partial charge on any atom is -0.496 e. The third-order valence-corrected chi connectivity index (χ3v) is 7.27. The lowest BCUT2D eigenvalue weighted by atomic mass is 9.90. The lowest BCUT2D eigenvalue weighted by Gasteiger charge is -2.25. The highest BCUT2D eigenvalue weighted by atomic mass is 35.5. The van der Waals surface area contributed by atoms with Crippen LogP contribution in [0.3, 0.4) is 0 Å². The van der Waals surface area contributed by atoms with Crippen LogP contribution in [0.2, 0.25) is 0 Å². The Balaban J connectivity index is 2.64. The summed E-state index contributed by atoms with van der Waals surface area (Å²) in [6.45, 7) is 17.3. The topological polar surface area (TPSA) is 18.5 Å². The minimum absolute atomic E-state index is 0.248. The van der Waals surface area contributed by atoms with Gasteiger partial charge in [0.25, 0.3) is 0 Å². The molecule has 2 nitrogen and oxygen atoms in total. The zero-order valence-electron chi connectivity index (χ0n) is 23.6. The quantitative estimate of drug-likeness (QED) is 0.191. The first-order valence-electron chi connectivity index (χ1n) is 12.8. The third-order valence-electron chi connectivity index (χ3n) is 6.90. The lowest BCUT2D eigenvalue weighted by molar-refractivity contribution is 0.388. The fourth-order valence-electron chi connectivity index (χ4n) is 4.51. The molecule has 1 unspecified atom stereocenters. The van der Waals surface area contributed by atoms with Crippen molar-refractivity contribution >= 4 is 11.6 Å². The summed E-state index contributed by atoms with van der Waals surface area (Å²) in [6, 6.07) is 0. The van der Waals surface area contributed by atoms with Crippen molar-refractivity contribution in [3.8, 4) is 11.5 Å². The average molecular weight is 489 g/mol. The monoisotopic (exact) mass is 488 g/mol. The molecule has 0 spiro atoms. The van der Waals surface area contributed by atoms with Crippen LogP contribution < -0.4 is 9.47 Å². The normalized spacial score (nSPS) is 14.1. The Morgan fingerprint density at radius 3 is 1.76 bits per heavy atom. The molecule has 0 aliphatic rings. The van der Waals surface area contributed by atoms with Crippen molar-refractivity contribution in [2.75, 3.05) is 14.2 Å². The molecule has 0 N–H and O–H groups in total. The second-order valence-electron chi connectivity index (χ2n) is 10.3. The van der Waals surface area contributed by atoms with E-state index in [1.807, 2.05) is 0 Å². The molecule has 0 bridgehead atoms. The van der Waals surface area contributed by atoms with Crippen LogP contribution in [0.15, 0.2) is 34.9 Å². The maximum atomic E-state index is 6.96. The van der Waals surface area contributed by atoms with Crippen molar-refractivity contribution in [2.24, 2.45) is 0 Å². The number of alkyl halides is 1. The third kappa shape index (κ3) is 9.90. The molecular formula is C31H49ClO2. The van der Waals surface area contributed by atoms with Crippen LogP contribution in [0.4, 0.5) is 0 Å². The molecule has 0 saturated carbocycles. The first kappa shape index (κ1) is 30.4. The molecule has 1 rings (SSSR count). The number of halogens is 1.